The summed E-state index contributed by atoms with van der Waals surface area (Å²) in [4.78, 5) is 31.5. The molecule has 1 saturated heterocycles. The van der Waals surface area contributed by atoms with E-state index >= 15 is 0 Å². The number of rotatable bonds is 5. The van der Waals surface area contributed by atoms with Gasteiger partial charge in [-0.3, -0.25) is 19.7 Å². The summed E-state index contributed by atoms with van der Waals surface area (Å²) in [6, 6.07) is 5.66. The van der Waals surface area contributed by atoms with Gasteiger partial charge in [-0.1, -0.05) is 6.07 Å². The first kappa shape index (κ1) is 17.7. The van der Waals surface area contributed by atoms with E-state index in [1.54, 1.807) is 6.20 Å². The summed E-state index contributed by atoms with van der Waals surface area (Å²) >= 11 is 0. The van der Waals surface area contributed by atoms with Gasteiger partial charge in [-0.05, 0) is 44.7 Å². The van der Waals surface area contributed by atoms with Crippen LogP contribution in [-0.4, -0.2) is 45.0 Å². The Morgan fingerprint density at radius 2 is 2.00 bits per heavy atom. The zero-order chi connectivity index (χ0) is 18.8. The first-order chi connectivity index (χ1) is 13.1. The van der Waals surface area contributed by atoms with Crippen molar-refractivity contribution in [3.8, 4) is 0 Å². The Balaban J connectivity index is 1.31. The molecule has 0 unspecified atom stereocenters. The second kappa shape index (κ2) is 7.50. The minimum absolute atomic E-state index is 0.0471. The molecule has 2 aromatic heterocycles. The van der Waals surface area contributed by atoms with E-state index in [1.807, 2.05) is 30.0 Å². The Hall–Kier alpha value is -2.70. The molecular formula is C20H25N5O2. The Kier molecular flexibility index (Phi) is 4.92. The van der Waals surface area contributed by atoms with Gasteiger partial charge in [-0.15, -0.1) is 0 Å². The summed E-state index contributed by atoms with van der Waals surface area (Å²) < 4.78 is 0. The fourth-order valence-corrected chi connectivity index (χ4v) is 3.70. The molecule has 27 heavy (non-hydrogen) atoms. The molecule has 3 heterocycles. The van der Waals surface area contributed by atoms with Gasteiger partial charge in [0.05, 0.1) is 23.5 Å². The average molecular weight is 367 g/mol. The van der Waals surface area contributed by atoms with Gasteiger partial charge in [0, 0.05) is 36.8 Å². The van der Waals surface area contributed by atoms with Crippen LogP contribution in [0.5, 0.6) is 0 Å². The predicted molar refractivity (Wildman–Crippen MR) is 100 cm³/mol. The third-order valence-electron chi connectivity index (χ3n) is 5.48. The number of nitrogens with zero attached hydrogens (tertiary/aromatic N) is 3. The van der Waals surface area contributed by atoms with E-state index in [2.05, 4.69) is 20.5 Å². The summed E-state index contributed by atoms with van der Waals surface area (Å²) in [5.74, 6) is 0.483. The molecule has 2 aromatic rings. The Bertz CT molecular complexity index is 820. The fraction of sp³-hybridized carbons (Fsp3) is 0.500. The number of aromatic amines is 1. The van der Waals surface area contributed by atoms with Crippen molar-refractivity contribution in [1.82, 2.24) is 25.4 Å². The lowest BCUT2D eigenvalue weighted by Gasteiger charge is -2.31. The number of hydrogen-bond donors (Lipinski definition) is 2. The second-order valence-corrected chi connectivity index (χ2v) is 7.49. The minimum Gasteiger partial charge on any atom is -0.350 e. The van der Waals surface area contributed by atoms with E-state index in [-0.39, 0.29) is 17.7 Å². The molecule has 1 saturated carbocycles. The maximum Gasteiger partial charge on any atom is 0.257 e. The normalized spacial score (nSPS) is 17.7. The third kappa shape index (κ3) is 3.86. The van der Waals surface area contributed by atoms with Gasteiger partial charge in [-0.2, -0.15) is 5.10 Å². The van der Waals surface area contributed by atoms with Crippen molar-refractivity contribution in [2.75, 3.05) is 13.1 Å². The van der Waals surface area contributed by atoms with Gasteiger partial charge in [0.2, 0.25) is 5.91 Å². The number of H-pyrrole nitrogens is 1. The molecule has 2 fully saturated rings. The highest BCUT2D eigenvalue weighted by atomic mass is 16.2. The highest BCUT2D eigenvalue weighted by Crippen LogP contribution is 2.41. The topological polar surface area (TPSA) is 91.0 Å². The zero-order valence-corrected chi connectivity index (χ0v) is 15.6. The lowest BCUT2D eigenvalue weighted by molar-refractivity contribution is -0.126. The maximum atomic E-state index is 13.0. The van der Waals surface area contributed by atoms with Crippen LogP contribution in [0.15, 0.2) is 24.4 Å². The summed E-state index contributed by atoms with van der Waals surface area (Å²) in [6.07, 6.45) is 5.33. The number of pyridine rings is 1. The van der Waals surface area contributed by atoms with Crippen LogP contribution >= 0.6 is 0 Å². The lowest BCUT2D eigenvalue weighted by atomic mass is 9.95. The number of carbonyl (C=O) groups is 2. The van der Waals surface area contributed by atoms with Gasteiger partial charge in [0.15, 0.2) is 0 Å². The molecule has 0 radical (unpaired) electrons. The summed E-state index contributed by atoms with van der Waals surface area (Å²) in [5.41, 5.74) is 3.36. The van der Waals surface area contributed by atoms with E-state index < -0.39 is 0 Å². The van der Waals surface area contributed by atoms with Crippen molar-refractivity contribution in [3.05, 3.63) is 47.0 Å². The number of carbonyl (C=O) groups excluding carboxylic acids is 2. The molecule has 1 aliphatic carbocycles. The molecule has 0 bridgehead atoms. The van der Waals surface area contributed by atoms with Crippen molar-refractivity contribution < 1.29 is 9.59 Å². The second-order valence-electron chi connectivity index (χ2n) is 7.49. The number of aryl methyl sites for hydroxylation is 1. The van der Waals surface area contributed by atoms with Gasteiger partial charge >= 0.3 is 0 Å². The van der Waals surface area contributed by atoms with Gasteiger partial charge in [0.25, 0.3) is 5.91 Å². The van der Waals surface area contributed by atoms with Crippen molar-refractivity contribution in [2.24, 2.45) is 5.92 Å². The Labute approximate surface area is 158 Å². The van der Waals surface area contributed by atoms with Crippen LogP contribution in [0.3, 0.4) is 0 Å². The number of hydrogen-bond acceptors (Lipinski definition) is 4. The van der Waals surface area contributed by atoms with Crippen LogP contribution in [0, 0.1) is 12.8 Å². The van der Waals surface area contributed by atoms with Crippen molar-refractivity contribution in [2.45, 2.75) is 45.1 Å². The summed E-state index contributed by atoms with van der Waals surface area (Å²) in [7, 11) is 0. The van der Waals surface area contributed by atoms with Gasteiger partial charge in [-0.25, -0.2) is 0 Å². The van der Waals surface area contributed by atoms with Crippen molar-refractivity contribution in [1.29, 1.82) is 0 Å². The summed E-state index contributed by atoms with van der Waals surface area (Å²) in [5, 5.41) is 10.3. The van der Waals surface area contributed by atoms with E-state index in [1.165, 1.54) is 0 Å². The monoisotopic (exact) mass is 367 g/mol. The SMILES string of the molecule is Cc1[nH]nc(C2CC2)c1C(=O)N1CCC(C(=O)NCc2ccccn2)CC1. The van der Waals surface area contributed by atoms with Gasteiger partial charge in [0.1, 0.15) is 0 Å². The molecule has 7 heteroatoms. The molecule has 4 rings (SSSR count). The van der Waals surface area contributed by atoms with E-state index in [0.717, 1.165) is 35.5 Å². The number of aromatic nitrogens is 3. The number of amides is 2. The molecule has 7 nitrogen and oxygen atoms in total. The Morgan fingerprint density at radius 3 is 2.67 bits per heavy atom. The first-order valence-corrected chi connectivity index (χ1v) is 9.65. The smallest absolute Gasteiger partial charge is 0.257 e. The minimum atomic E-state index is -0.0499. The Morgan fingerprint density at radius 1 is 1.22 bits per heavy atom. The molecule has 0 atom stereocenters. The van der Waals surface area contributed by atoms with E-state index in [0.29, 0.717) is 38.4 Å². The lowest BCUT2D eigenvalue weighted by Crippen LogP contribution is -2.43. The fourth-order valence-electron chi connectivity index (χ4n) is 3.70. The number of nitrogens with one attached hydrogen (secondary N) is 2. The molecule has 142 valence electrons. The van der Waals surface area contributed by atoms with E-state index in [4.69, 9.17) is 0 Å². The van der Waals surface area contributed by atoms with E-state index in [9.17, 15) is 9.59 Å². The van der Waals surface area contributed by atoms with Crippen LogP contribution in [0.25, 0.3) is 0 Å². The van der Waals surface area contributed by atoms with Gasteiger partial charge < -0.3 is 10.2 Å². The molecule has 0 aromatic carbocycles. The number of likely N-dealkylation sites (tertiary alicyclic amines) is 1. The predicted octanol–water partition coefficient (Wildman–Crippen LogP) is 2.16. The van der Waals surface area contributed by atoms with Crippen LogP contribution < -0.4 is 5.32 Å². The van der Waals surface area contributed by atoms with Crippen molar-refractivity contribution in [3.63, 3.8) is 0 Å². The van der Waals surface area contributed by atoms with Crippen LogP contribution in [0.1, 0.15) is 59.0 Å². The first-order valence-electron chi connectivity index (χ1n) is 9.65. The third-order valence-corrected chi connectivity index (χ3v) is 5.48. The molecular weight excluding hydrogens is 342 g/mol. The van der Waals surface area contributed by atoms with Crippen LogP contribution in [0.2, 0.25) is 0 Å². The molecule has 1 aliphatic heterocycles. The molecule has 2 amide bonds. The standard InChI is InChI=1S/C20H25N5O2/c1-13-17(18(24-23-13)14-5-6-14)20(27)25-10-7-15(8-11-25)19(26)22-12-16-4-2-3-9-21-16/h2-4,9,14-15H,5-8,10-12H2,1H3,(H,22,26)(H,23,24). The average Bonchev–Trinajstić information content (AvgIpc) is 3.48. The van der Waals surface area contributed by atoms with Crippen LogP contribution in [0.4, 0.5) is 0 Å². The highest BCUT2D eigenvalue weighted by molar-refractivity contribution is 5.97. The maximum absolute atomic E-state index is 13.0. The highest BCUT2D eigenvalue weighted by Gasteiger charge is 2.35. The largest absolute Gasteiger partial charge is 0.350 e. The quantitative estimate of drug-likeness (QED) is 0.847. The number of piperidine rings is 1. The molecule has 0 spiro atoms. The zero-order valence-electron chi connectivity index (χ0n) is 15.6. The van der Waals surface area contributed by atoms with Crippen LogP contribution in [-0.2, 0) is 11.3 Å². The molecule has 2 N–H and O–H groups in total. The molecule has 2 aliphatic rings. The summed E-state index contributed by atoms with van der Waals surface area (Å²) in [6.45, 7) is 3.56. The van der Waals surface area contributed by atoms with Crippen molar-refractivity contribution >= 4 is 11.8 Å².